The summed E-state index contributed by atoms with van der Waals surface area (Å²) in [7, 11) is 0. The fourth-order valence-corrected chi connectivity index (χ4v) is 5.39. The van der Waals surface area contributed by atoms with E-state index in [4.69, 9.17) is 0 Å². The van der Waals surface area contributed by atoms with Gasteiger partial charge in [0, 0.05) is 20.1 Å². The van der Waals surface area contributed by atoms with Crippen LogP contribution in [-0.2, 0) is 0 Å². The minimum absolute atomic E-state index is 0.113. The van der Waals surface area contributed by atoms with E-state index in [-0.39, 0.29) is 4.06 Å². The van der Waals surface area contributed by atoms with Crippen molar-refractivity contribution in [3.05, 3.63) is 66.3 Å². The molecule has 0 atom stereocenters. The van der Waals surface area contributed by atoms with Gasteiger partial charge in [-0.25, -0.2) is 0 Å². The minimum Gasteiger partial charge on any atom is -0.265 e. The van der Waals surface area contributed by atoms with E-state index in [1.54, 1.807) is 0 Å². The van der Waals surface area contributed by atoms with Crippen molar-refractivity contribution in [3.63, 3.8) is 0 Å². The fraction of sp³-hybridized carbons (Fsp3) is 0. The molecule has 0 saturated heterocycles. The molecule has 0 N–H and O–H groups in total. The van der Waals surface area contributed by atoms with E-state index in [1.807, 2.05) is 48.5 Å². The molecule has 0 unspecified atom stereocenters. The fourth-order valence-electron chi connectivity index (χ4n) is 1.93. The van der Waals surface area contributed by atoms with Crippen molar-refractivity contribution >= 4 is 54.5 Å². The average Bonchev–Trinajstić information content (AvgIpc) is 2.81. The van der Waals surface area contributed by atoms with Crippen molar-refractivity contribution in [2.75, 3.05) is 0 Å². The Bertz CT molecular complexity index is 754. The number of halogens is 2. The molecule has 0 aliphatic rings. The van der Waals surface area contributed by atoms with Crippen LogP contribution in [-0.4, -0.2) is 0 Å². The maximum absolute atomic E-state index is 11.9. The van der Waals surface area contributed by atoms with Crippen LogP contribution in [0.1, 0.15) is 0 Å². The van der Waals surface area contributed by atoms with Gasteiger partial charge in [0.1, 0.15) is 0 Å². The lowest BCUT2D eigenvalue weighted by Crippen LogP contribution is -1.80. The third-order valence-corrected chi connectivity index (χ3v) is 6.42. The van der Waals surface area contributed by atoms with Gasteiger partial charge in [-0.1, -0.05) is 90.9 Å². The summed E-state index contributed by atoms with van der Waals surface area (Å²) < 4.78 is 2.12. The third kappa shape index (κ3) is 2.68. The van der Waals surface area contributed by atoms with Crippen LogP contribution in [0.4, 0.5) is 0 Å². The highest BCUT2D eigenvalue weighted by molar-refractivity contribution is 9.11. The monoisotopic (exact) mass is 426 g/mol. The molecule has 0 spiro atoms. The van der Waals surface area contributed by atoms with E-state index in [0.29, 0.717) is 0 Å². The topological polar surface area (TPSA) is 17.1 Å². The average molecular weight is 428 g/mol. The highest BCUT2D eigenvalue weighted by atomic mass is 79.9. The van der Waals surface area contributed by atoms with Gasteiger partial charge in [0.05, 0.1) is 9.75 Å². The first kappa shape index (κ1) is 14.2. The summed E-state index contributed by atoms with van der Waals surface area (Å²) in [5, 5.41) is 0. The molecular formula is C15H8Br2OS2. The Labute approximate surface area is 141 Å². The maximum atomic E-state index is 11.9. The van der Waals surface area contributed by atoms with Crippen LogP contribution < -0.4 is 4.06 Å². The summed E-state index contributed by atoms with van der Waals surface area (Å²) in [6, 6.07) is 16.0. The predicted molar refractivity (Wildman–Crippen MR) is 94.7 cm³/mol. The smallest absolute Gasteiger partial charge is 0.265 e. The van der Waals surface area contributed by atoms with Gasteiger partial charge < -0.3 is 0 Å². The van der Waals surface area contributed by atoms with Crippen LogP contribution >= 0.6 is 54.5 Å². The molecular weight excluding hydrogens is 420 g/mol. The van der Waals surface area contributed by atoms with Gasteiger partial charge in [-0.2, -0.15) is 0 Å². The van der Waals surface area contributed by atoms with E-state index in [0.717, 1.165) is 29.8 Å². The van der Waals surface area contributed by atoms with Crippen molar-refractivity contribution in [2.45, 2.75) is 0 Å². The lowest BCUT2D eigenvalue weighted by molar-refractivity contribution is 1.62. The first-order valence-electron chi connectivity index (χ1n) is 5.80. The maximum Gasteiger partial charge on any atom is 0.288 e. The molecule has 3 rings (SSSR count). The molecule has 1 aromatic heterocycles. The molecule has 0 bridgehead atoms. The predicted octanol–water partition coefficient (Wildman–Crippen LogP) is 6.03. The van der Waals surface area contributed by atoms with E-state index >= 15 is 0 Å². The van der Waals surface area contributed by atoms with E-state index in [1.165, 1.54) is 22.7 Å². The lowest BCUT2D eigenvalue weighted by atomic mass is 10.1. The largest absolute Gasteiger partial charge is 0.288 e. The van der Waals surface area contributed by atoms with Crippen molar-refractivity contribution in [1.82, 2.24) is 0 Å². The summed E-state index contributed by atoms with van der Waals surface area (Å²) in [6.07, 6.45) is 0. The molecule has 2 aromatic carbocycles. The molecule has 3 aromatic rings. The molecule has 0 radical (unpaired) electrons. The number of rotatable bonds is 2. The Balaban J connectivity index is 2.27. The van der Waals surface area contributed by atoms with Gasteiger partial charge in [0.15, 0.2) is 0 Å². The van der Waals surface area contributed by atoms with E-state index in [2.05, 4.69) is 31.9 Å². The zero-order chi connectivity index (χ0) is 14.1. The third-order valence-electron chi connectivity index (χ3n) is 2.81. The van der Waals surface area contributed by atoms with Crippen molar-refractivity contribution in [3.8, 4) is 20.9 Å². The SMILES string of the molecule is O=c1sc(-c2ccccc2Br)c(-c2ccccc2Br)s1. The van der Waals surface area contributed by atoms with Gasteiger partial charge >= 0.3 is 0 Å². The molecule has 0 saturated carbocycles. The summed E-state index contributed by atoms with van der Waals surface area (Å²) >= 11 is 9.72. The zero-order valence-electron chi connectivity index (χ0n) is 10.1. The molecule has 0 aliphatic heterocycles. The van der Waals surface area contributed by atoms with E-state index in [9.17, 15) is 4.79 Å². The molecule has 5 heteroatoms. The first-order chi connectivity index (χ1) is 9.66. The molecule has 100 valence electrons. The molecule has 0 amide bonds. The van der Waals surface area contributed by atoms with Gasteiger partial charge in [0.25, 0.3) is 4.06 Å². The second-order valence-corrected chi connectivity index (χ2v) is 8.01. The highest BCUT2D eigenvalue weighted by Gasteiger charge is 2.16. The lowest BCUT2D eigenvalue weighted by Gasteiger charge is -2.06. The van der Waals surface area contributed by atoms with Crippen molar-refractivity contribution in [2.24, 2.45) is 0 Å². The number of benzene rings is 2. The normalized spacial score (nSPS) is 10.7. The Morgan fingerprint density at radius 1 is 0.700 bits per heavy atom. The quantitative estimate of drug-likeness (QED) is 0.488. The van der Waals surface area contributed by atoms with Gasteiger partial charge in [-0.15, -0.1) is 0 Å². The second-order valence-electron chi connectivity index (χ2n) is 4.07. The Hall–Kier alpha value is -0.750. The van der Waals surface area contributed by atoms with Crippen molar-refractivity contribution in [1.29, 1.82) is 0 Å². The van der Waals surface area contributed by atoms with Crippen LogP contribution in [0.2, 0.25) is 0 Å². The van der Waals surface area contributed by atoms with E-state index < -0.39 is 0 Å². The Morgan fingerprint density at radius 3 is 1.50 bits per heavy atom. The van der Waals surface area contributed by atoms with Crippen LogP contribution in [0, 0.1) is 0 Å². The second kappa shape index (κ2) is 5.93. The van der Waals surface area contributed by atoms with Gasteiger partial charge in [-0.05, 0) is 12.1 Å². The Morgan fingerprint density at radius 2 is 1.10 bits per heavy atom. The summed E-state index contributed by atoms with van der Waals surface area (Å²) in [4.78, 5) is 13.9. The summed E-state index contributed by atoms with van der Waals surface area (Å²) in [5.74, 6) is 0. The standard InChI is InChI=1S/C15H8Br2OS2/c16-11-7-3-1-5-9(11)13-14(20-15(18)19-13)10-6-2-4-8-12(10)17/h1-8H. The zero-order valence-corrected chi connectivity index (χ0v) is 14.9. The van der Waals surface area contributed by atoms with Gasteiger partial charge in [0.2, 0.25) is 0 Å². The highest BCUT2D eigenvalue weighted by Crippen LogP contribution is 2.42. The number of hydrogen-bond donors (Lipinski definition) is 0. The molecule has 0 fully saturated rings. The summed E-state index contributed by atoms with van der Waals surface area (Å²) in [6.45, 7) is 0. The molecule has 0 aliphatic carbocycles. The van der Waals surface area contributed by atoms with Crippen LogP contribution in [0.15, 0.2) is 62.3 Å². The Kier molecular flexibility index (Phi) is 4.21. The number of hydrogen-bond acceptors (Lipinski definition) is 3. The minimum atomic E-state index is 0.113. The van der Waals surface area contributed by atoms with Crippen molar-refractivity contribution < 1.29 is 0 Å². The first-order valence-corrected chi connectivity index (χ1v) is 9.02. The molecule has 1 heterocycles. The molecule has 20 heavy (non-hydrogen) atoms. The molecule has 1 nitrogen and oxygen atoms in total. The van der Waals surface area contributed by atoms with Crippen LogP contribution in [0.5, 0.6) is 0 Å². The van der Waals surface area contributed by atoms with Crippen LogP contribution in [0.25, 0.3) is 20.9 Å². The van der Waals surface area contributed by atoms with Crippen LogP contribution in [0.3, 0.4) is 0 Å². The summed E-state index contributed by atoms with van der Waals surface area (Å²) in [5.41, 5.74) is 2.11. The van der Waals surface area contributed by atoms with Gasteiger partial charge in [-0.3, -0.25) is 4.79 Å².